The number of nitrogens with zero attached hydrogens (tertiary/aromatic N) is 3. The molecule has 0 aromatic carbocycles. The molecule has 0 spiro atoms. The van der Waals surface area contributed by atoms with Gasteiger partial charge in [-0.2, -0.15) is 5.10 Å². The summed E-state index contributed by atoms with van der Waals surface area (Å²) < 4.78 is 30.2. The Morgan fingerprint density at radius 2 is 2.32 bits per heavy atom. The van der Waals surface area contributed by atoms with Crippen LogP contribution in [-0.4, -0.2) is 38.5 Å². The van der Waals surface area contributed by atoms with E-state index in [1.54, 1.807) is 29.0 Å². The molecule has 2 unspecified atom stereocenters. The average molecular weight is 405 g/mol. The third-order valence-electron chi connectivity index (χ3n) is 5.12. The number of halogens is 2. The third kappa shape index (κ3) is 3.29. The highest BCUT2D eigenvalue weighted by Crippen LogP contribution is 2.35. The van der Waals surface area contributed by atoms with Crippen molar-refractivity contribution >= 4 is 22.9 Å². The van der Waals surface area contributed by atoms with Crippen LogP contribution in [0.15, 0.2) is 30.6 Å². The van der Waals surface area contributed by atoms with Crippen LogP contribution in [0.1, 0.15) is 40.7 Å². The van der Waals surface area contributed by atoms with Crippen molar-refractivity contribution in [2.45, 2.75) is 50.6 Å². The molecular weight excluding hydrogens is 384 g/mol. The number of nitrogens with one attached hydrogen (secondary N) is 1. The SMILES string of the molecule is CCc1sc(C(=O)NC2C(N)CCCC2(F)F)cc1-c1cnc2cccnn12. The fraction of sp³-hybridized carbons (Fsp3) is 0.421. The zero-order valence-corrected chi connectivity index (χ0v) is 16.2. The van der Waals surface area contributed by atoms with E-state index in [2.05, 4.69) is 15.4 Å². The lowest BCUT2D eigenvalue weighted by Gasteiger charge is -2.36. The lowest BCUT2D eigenvalue weighted by atomic mass is 9.87. The van der Waals surface area contributed by atoms with Gasteiger partial charge < -0.3 is 11.1 Å². The molecule has 0 bridgehead atoms. The first-order chi connectivity index (χ1) is 13.4. The average Bonchev–Trinajstić information content (AvgIpc) is 3.28. The number of imidazole rings is 1. The predicted octanol–water partition coefficient (Wildman–Crippen LogP) is 3.27. The van der Waals surface area contributed by atoms with Crippen LogP contribution in [0.3, 0.4) is 0 Å². The van der Waals surface area contributed by atoms with Crippen LogP contribution < -0.4 is 11.1 Å². The molecule has 2 atom stereocenters. The molecule has 0 aliphatic heterocycles. The minimum absolute atomic E-state index is 0.255. The first-order valence-corrected chi connectivity index (χ1v) is 10.1. The summed E-state index contributed by atoms with van der Waals surface area (Å²) in [6.07, 6.45) is 4.66. The van der Waals surface area contributed by atoms with Crippen molar-refractivity contribution in [1.82, 2.24) is 19.9 Å². The number of aromatic nitrogens is 3. The quantitative estimate of drug-likeness (QED) is 0.698. The summed E-state index contributed by atoms with van der Waals surface area (Å²) in [5.74, 6) is -3.51. The Labute approximate surface area is 164 Å². The number of carbonyl (C=O) groups excluding carboxylic acids is 1. The molecule has 3 heterocycles. The smallest absolute Gasteiger partial charge is 0.269 e. The second kappa shape index (κ2) is 7.21. The van der Waals surface area contributed by atoms with E-state index in [-0.39, 0.29) is 6.42 Å². The fourth-order valence-corrected chi connectivity index (χ4v) is 4.68. The highest BCUT2D eigenvalue weighted by atomic mass is 32.1. The highest BCUT2D eigenvalue weighted by Gasteiger charge is 2.46. The normalized spacial score (nSPS) is 21.7. The fourth-order valence-electron chi connectivity index (χ4n) is 3.67. The number of hydrogen-bond donors (Lipinski definition) is 2. The number of amides is 1. The van der Waals surface area contributed by atoms with Crippen LogP contribution in [-0.2, 0) is 6.42 Å². The van der Waals surface area contributed by atoms with E-state index in [9.17, 15) is 13.6 Å². The van der Waals surface area contributed by atoms with Crippen LogP contribution >= 0.6 is 11.3 Å². The number of aryl methyl sites for hydroxylation is 1. The Morgan fingerprint density at radius 1 is 1.50 bits per heavy atom. The Hall–Kier alpha value is -2.39. The molecule has 0 saturated heterocycles. The third-order valence-corrected chi connectivity index (χ3v) is 6.40. The summed E-state index contributed by atoms with van der Waals surface area (Å²) in [5, 5.41) is 6.79. The van der Waals surface area contributed by atoms with Gasteiger partial charge in [0, 0.05) is 29.1 Å². The van der Waals surface area contributed by atoms with Gasteiger partial charge in [-0.3, -0.25) is 4.79 Å². The van der Waals surface area contributed by atoms with Gasteiger partial charge in [0.05, 0.1) is 16.8 Å². The van der Waals surface area contributed by atoms with Crippen molar-refractivity contribution in [3.8, 4) is 11.3 Å². The largest absolute Gasteiger partial charge is 0.341 e. The molecule has 148 valence electrons. The molecule has 1 amide bonds. The van der Waals surface area contributed by atoms with Gasteiger partial charge >= 0.3 is 0 Å². The minimum atomic E-state index is -2.99. The van der Waals surface area contributed by atoms with Crippen molar-refractivity contribution < 1.29 is 13.6 Å². The van der Waals surface area contributed by atoms with Crippen molar-refractivity contribution in [2.24, 2.45) is 5.73 Å². The molecule has 4 rings (SSSR count). The second-order valence-electron chi connectivity index (χ2n) is 7.01. The molecule has 28 heavy (non-hydrogen) atoms. The Morgan fingerprint density at radius 3 is 3.07 bits per heavy atom. The van der Waals surface area contributed by atoms with E-state index in [0.717, 1.165) is 16.1 Å². The summed E-state index contributed by atoms with van der Waals surface area (Å²) in [5.41, 5.74) is 8.17. The number of rotatable bonds is 4. The van der Waals surface area contributed by atoms with Gasteiger partial charge in [0.25, 0.3) is 11.8 Å². The maximum absolute atomic E-state index is 14.2. The van der Waals surface area contributed by atoms with Gasteiger partial charge in [-0.1, -0.05) is 6.92 Å². The van der Waals surface area contributed by atoms with Gasteiger partial charge in [-0.25, -0.2) is 18.3 Å². The van der Waals surface area contributed by atoms with E-state index in [4.69, 9.17) is 5.73 Å². The summed E-state index contributed by atoms with van der Waals surface area (Å²) in [6, 6.07) is 3.27. The van der Waals surface area contributed by atoms with E-state index in [0.29, 0.717) is 29.8 Å². The molecule has 9 heteroatoms. The second-order valence-corrected chi connectivity index (χ2v) is 8.14. The Kier molecular flexibility index (Phi) is 4.88. The van der Waals surface area contributed by atoms with Gasteiger partial charge in [0.1, 0.15) is 6.04 Å². The van der Waals surface area contributed by atoms with Crippen molar-refractivity contribution in [2.75, 3.05) is 0 Å². The first-order valence-electron chi connectivity index (χ1n) is 9.27. The van der Waals surface area contributed by atoms with Gasteiger partial charge in [-0.15, -0.1) is 11.3 Å². The molecule has 1 saturated carbocycles. The van der Waals surface area contributed by atoms with Crippen molar-refractivity contribution in [3.05, 3.63) is 40.3 Å². The maximum Gasteiger partial charge on any atom is 0.269 e. The van der Waals surface area contributed by atoms with Crippen LogP contribution in [0.25, 0.3) is 16.9 Å². The van der Waals surface area contributed by atoms with Gasteiger partial charge in [-0.05, 0) is 37.5 Å². The van der Waals surface area contributed by atoms with E-state index in [1.165, 1.54) is 11.3 Å². The van der Waals surface area contributed by atoms with Crippen LogP contribution in [0.4, 0.5) is 8.78 Å². The number of nitrogens with two attached hydrogens (primary N) is 1. The Bertz CT molecular complexity index is 1010. The predicted molar refractivity (Wildman–Crippen MR) is 104 cm³/mol. The first kappa shape index (κ1) is 18.9. The van der Waals surface area contributed by atoms with Crippen LogP contribution in [0, 0.1) is 0 Å². The van der Waals surface area contributed by atoms with Crippen LogP contribution in [0.5, 0.6) is 0 Å². The molecule has 6 nitrogen and oxygen atoms in total. The molecule has 3 N–H and O–H groups in total. The van der Waals surface area contributed by atoms with Crippen molar-refractivity contribution in [1.29, 1.82) is 0 Å². The van der Waals surface area contributed by atoms with Crippen molar-refractivity contribution in [3.63, 3.8) is 0 Å². The summed E-state index contributed by atoms with van der Waals surface area (Å²) in [6.45, 7) is 1.98. The molecule has 3 aromatic rings. The molecule has 1 aliphatic carbocycles. The monoisotopic (exact) mass is 405 g/mol. The maximum atomic E-state index is 14.2. The zero-order valence-electron chi connectivity index (χ0n) is 15.4. The highest BCUT2D eigenvalue weighted by molar-refractivity contribution is 7.14. The van der Waals surface area contributed by atoms with Crippen LogP contribution in [0.2, 0.25) is 0 Å². The number of alkyl halides is 2. The summed E-state index contributed by atoms with van der Waals surface area (Å²) in [4.78, 5) is 18.4. The number of hydrogen-bond acceptors (Lipinski definition) is 5. The molecule has 3 aromatic heterocycles. The lowest BCUT2D eigenvalue weighted by Crippen LogP contribution is -2.59. The van der Waals surface area contributed by atoms with Gasteiger partial charge in [0.2, 0.25) is 0 Å². The molecule has 1 aliphatic rings. The van der Waals surface area contributed by atoms with E-state index < -0.39 is 23.9 Å². The number of carbonyl (C=O) groups is 1. The van der Waals surface area contributed by atoms with Gasteiger partial charge in [0.15, 0.2) is 5.65 Å². The molecule has 1 fully saturated rings. The minimum Gasteiger partial charge on any atom is -0.341 e. The van der Waals surface area contributed by atoms with E-state index in [1.807, 2.05) is 13.0 Å². The molecule has 0 radical (unpaired) electrons. The Balaban J connectivity index is 1.65. The standard InChI is InChI=1S/C19H21F2N5OS/c1-2-14-11(13-10-23-16-6-4-8-24-26(13)16)9-15(28-14)18(27)25-17-12(22)5-3-7-19(17,20)21/h4,6,8-10,12,17H,2-3,5,7,22H2,1H3,(H,25,27). The number of fused-ring (bicyclic) bond motifs is 1. The topological polar surface area (TPSA) is 85.3 Å². The van der Waals surface area contributed by atoms with E-state index >= 15 is 0 Å². The summed E-state index contributed by atoms with van der Waals surface area (Å²) >= 11 is 1.30. The summed E-state index contributed by atoms with van der Waals surface area (Å²) in [7, 11) is 0. The lowest BCUT2D eigenvalue weighted by molar-refractivity contribution is -0.0674. The number of thiophene rings is 1. The zero-order chi connectivity index (χ0) is 19.9. The molecular formula is C19H21F2N5OS.